The molecule has 1 amide bonds. The molecule has 0 aliphatic carbocycles. The van der Waals surface area contributed by atoms with Crippen LogP contribution in [0.1, 0.15) is 21.5 Å². The molecule has 1 N–H and O–H groups in total. The van der Waals surface area contributed by atoms with E-state index in [0.29, 0.717) is 11.3 Å². The molecule has 0 aliphatic heterocycles. The lowest BCUT2D eigenvalue weighted by atomic mass is 10.1. The Balaban J connectivity index is 1.92. The Morgan fingerprint density at radius 2 is 1.50 bits per heavy atom. The van der Waals surface area contributed by atoms with Crippen molar-refractivity contribution in [3.05, 3.63) is 53.1 Å². The highest BCUT2D eigenvalue weighted by Crippen LogP contribution is 2.38. The zero-order chi connectivity index (χ0) is 22.3. The molecular weight excluding hydrogens is 407 g/mol. The number of carbonyl (C=O) groups is 2. The highest BCUT2D eigenvalue weighted by atomic mass is 19.4. The molecule has 0 aromatic heterocycles. The van der Waals surface area contributed by atoms with Gasteiger partial charge >= 0.3 is 12.1 Å². The molecule has 30 heavy (non-hydrogen) atoms. The Labute approximate surface area is 170 Å². The topological polar surface area (TPSA) is 83.1 Å². The number of hydrogen-bond donors (Lipinski definition) is 1. The second kappa shape index (κ2) is 9.86. The maximum Gasteiger partial charge on any atom is 0.416 e. The zero-order valence-corrected chi connectivity index (χ0v) is 16.5. The molecular formula is C20H20F3NO6. The van der Waals surface area contributed by atoms with Gasteiger partial charge in [-0.3, -0.25) is 4.79 Å². The van der Waals surface area contributed by atoms with Gasteiger partial charge in [-0.1, -0.05) is 12.1 Å². The van der Waals surface area contributed by atoms with Crippen LogP contribution >= 0.6 is 0 Å². The van der Waals surface area contributed by atoms with Crippen LogP contribution < -0.4 is 19.5 Å². The largest absolute Gasteiger partial charge is 0.493 e. The Morgan fingerprint density at radius 1 is 0.933 bits per heavy atom. The van der Waals surface area contributed by atoms with E-state index < -0.39 is 30.2 Å². The minimum atomic E-state index is -4.43. The van der Waals surface area contributed by atoms with Crippen LogP contribution in [0.25, 0.3) is 0 Å². The van der Waals surface area contributed by atoms with Gasteiger partial charge in [-0.05, 0) is 29.8 Å². The first-order valence-corrected chi connectivity index (χ1v) is 8.59. The number of esters is 1. The van der Waals surface area contributed by atoms with Gasteiger partial charge in [0.1, 0.15) is 0 Å². The molecule has 0 spiro atoms. The number of methoxy groups -OCH3 is 3. The van der Waals surface area contributed by atoms with Crippen molar-refractivity contribution in [3.8, 4) is 17.2 Å². The maximum atomic E-state index is 12.5. The van der Waals surface area contributed by atoms with E-state index in [2.05, 4.69) is 5.32 Å². The average Bonchev–Trinajstić information content (AvgIpc) is 2.74. The molecule has 0 saturated heterocycles. The lowest BCUT2D eigenvalue weighted by Crippen LogP contribution is -2.28. The van der Waals surface area contributed by atoms with E-state index in [1.54, 1.807) is 0 Å². The normalized spacial score (nSPS) is 10.9. The molecule has 0 radical (unpaired) electrons. The van der Waals surface area contributed by atoms with Crippen molar-refractivity contribution in [2.45, 2.75) is 12.7 Å². The van der Waals surface area contributed by atoms with E-state index >= 15 is 0 Å². The number of ether oxygens (including phenoxy) is 4. The molecule has 0 bridgehead atoms. The number of halogens is 3. The minimum Gasteiger partial charge on any atom is -0.493 e. The van der Waals surface area contributed by atoms with Crippen molar-refractivity contribution in [1.29, 1.82) is 0 Å². The number of nitrogens with one attached hydrogen (secondary N) is 1. The molecule has 0 heterocycles. The smallest absolute Gasteiger partial charge is 0.416 e. The predicted molar refractivity (Wildman–Crippen MR) is 99.7 cm³/mol. The lowest BCUT2D eigenvalue weighted by molar-refractivity contribution is -0.137. The molecule has 2 rings (SSSR count). The number of benzene rings is 2. The summed E-state index contributed by atoms with van der Waals surface area (Å²) in [4.78, 5) is 24.1. The summed E-state index contributed by atoms with van der Waals surface area (Å²) in [5.41, 5.74) is -0.232. The molecule has 0 fully saturated rings. The number of amides is 1. The number of alkyl halides is 3. The van der Waals surface area contributed by atoms with E-state index in [0.717, 1.165) is 12.1 Å². The zero-order valence-electron chi connectivity index (χ0n) is 16.5. The van der Waals surface area contributed by atoms with Crippen molar-refractivity contribution in [1.82, 2.24) is 5.32 Å². The van der Waals surface area contributed by atoms with E-state index in [1.165, 1.54) is 45.6 Å². The quantitative estimate of drug-likeness (QED) is 0.652. The Hall–Kier alpha value is -3.43. The standard InChI is InChI=1S/C20H20F3NO6/c1-27-15-8-13(9-16(28-2)18(15)29-3)19(26)30-11-17(25)24-10-12-4-6-14(7-5-12)20(21,22)23/h4-9H,10-11H2,1-3H3,(H,24,25). The lowest BCUT2D eigenvalue weighted by Gasteiger charge is -2.13. The first-order valence-electron chi connectivity index (χ1n) is 8.59. The first kappa shape index (κ1) is 22.9. The summed E-state index contributed by atoms with van der Waals surface area (Å²) in [6.45, 7) is -0.588. The molecule has 0 saturated carbocycles. The number of hydrogen-bond acceptors (Lipinski definition) is 6. The van der Waals surface area contributed by atoms with Crippen LogP contribution in [0.2, 0.25) is 0 Å². The second-order valence-electron chi connectivity index (χ2n) is 5.96. The van der Waals surface area contributed by atoms with Crippen molar-refractivity contribution in [3.63, 3.8) is 0 Å². The van der Waals surface area contributed by atoms with Gasteiger partial charge in [-0.15, -0.1) is 0 Å². The van der Waals surface area contributed by atoms with Crippen molar-refractivity contribution < 1.29 is 41.7 Å². The monoisotopic (exact) mass is 427 g/mol. The molecule has 7 nitrogen and oxygen atoms in total. The van der Waals surface area contributed by atoms with Crippen LogP contribution in [0.4, 0.5) is 13.2 Å². The summed E-state index contributed by atoms with van der Waals surface area (Å²) < 4.78 is 58.1. The van der Waals surface area contributed by atoms with Gasteiger partial charge in [-0.2, -0.15) is 13.2 Å². The predicted octanol–water partition coefficient (Wildman–Crippen LogP) is 3.20. The van der Waals surface area contributed by atoms with Gasteiger partial charge in [0.2, 0.25) is 5.75 Å². The van der Waals surface area contributed by atoms with E-state index in [4.69, 9.17) is 18.9 Å². The average molecular weight is 427 g/mol. The minimum absolute atomic E-state index is 0.0152. The van der Waals surface area contributed by atoms with Crippen LogP contribution in [0.15, 0.2) is 36.4 Å². The van der Waals surface area contributed by atoms with Gasteiger partial charge in [0.25, 0.3) is 5.91 Å². The molecule has 0 atom stereocenters. The molecule has 2 aromatic rings. The summed E-state index contributed by atoms with van der Waals surface area (Å²) in [5.74, 6) is -0.619. The van der Waals surface area contributed by atoms with E-state index in [9.17, 15) is 22.8 Å². The van der Waals surface area contributed by atoms with Crippen LogP contribution in [0.5, 0.6) is 17.2 Å². The van der Waals surface area contributed by atoms with Gasteiger partial charge in [0.05, 0.1) is 32.5 Å². The second-order valence-corrected chi connectivity index (χ2v) is 5.96. The third-order valence-electron chi connectivity index (χ3n) is 4.01. The fourth-order valence-electron chi connectivity index (χ4n) is 2.48. The Bertz CT molecular complexity index is 871. The SMILES string of the molecule is COc1cc(C(=O)OCC(=O)NCc2ccc(C(F)(F)F)cc2)cc(OC)c1OC. The highest BCUT2D eigenvalue weighted by Gasteiger charge is 2.29. The first-order chi connectivity index (χ1) is 14.2. The fourth-order valence-corrected chi connectivity index (χ4v) is 2.48. The van der Waals surface area contributed by atoms with Crippen LogP contribution in [0.3, 0.4) is 0 Å². The summed E-state index contributed by atoms with van der Waals surface area (Å²) in [5, 5.41) is 2.46. The van der Waals surface area contributed by atoms with Gasteiger partial charge in [0.15, 0.2) is 18.1 Å². The summed E-state index contributed by atoms with van der Waals surface area (Å²) >= 11 is 0. The Kier molecular flexibility index (Phi) is 7.51. The van der Waals surface area contributed by atoms with Crippen LogP contribution in [0, 0.1) is 0 Å². The molecule has 2 aromatic carbocycles. The van der Waals surface area contributed by atoms with Crippen molar-refractivity contribution >= 4 is 11.9 Å². The number of rotatable bonds is 8. The molecule has 0 aliphatic rings. The fraction of sp³-hybridized carbons (Fsp3) is 0.300. The highest BCUT2D eigenvalue weighted by molar-refractivity contribution is 5.92. The third-order valence-corrected chi connectivity index (χ3v) is 4.01. The van der Waals surface area contributed by atoms with Crippen LogP contribution in [-0.2, 0) is 22.3 Å². The molecule has 10 heteroatoms. The molecule has 0 unspecified atom stereocenters. The Morgan fingerprint density at radius 3 is 1.97 bits per heavy atom. The number of carbonyl (C=O) groups excluding carboxylic acids is 2. The van der Waals surface area contributed by atoms with Gasteiger partial charge < -0.3 is 24.3 Å². The summed E-state index contributed by atoms with van der Waals surface area (Å²) in [7, 11) is 4.20. The van der Waals surface area contributed by atoms with E-state index in [1.807, 2.05) is 0 Å². The van der Waals surface area contributed by atoms with Crippen molar-refractivity contribution in [2.24, 2.45) is 0 Å². The van der Waals surface area contributed by atoms with E-state index in [-0.39, 0.29) is 23.6 Å². The van der Waals surface area contributed by atoms with Crippen LogP contribution in [-0.4, -0.2) is 39.8 Å². The maximum absolute atomic E-state index is 12.5. The van der Waals surface area contributed by atoms with Gasteiger partial charge in [-0.25, -0.2) is 4.79 Å². The third kappa shape index (κ3) is 5.79. The van der Waals surface area contributed by atoms with Crippen molar-refractivity contribution in [2.75, 3.05) is 27.9 Å². The summed E-state index contributed by atoms with van der Waals surface area (Å²) in [6.07, 6.45) is -4.43. The van der Waals surface area contributed by atoms with Gasteiger partial charge in [0, 0.05) is 6.54 Å². The summed E-state index contributed by atoms with van der Waals surface area (Å²) in [6, 6.07) is 7.11. The molecule has 162 valence electrons.